The minimum atomic E-state index is -4.51. The highest BCUT2D eigenvalue weighted by Gasteiger charge is 2.51. The molecular weight excluding hydrogens is 549 g/mol. The third-order valence-corrected chi connectivity index (χ3v) is 8.35. The van der Waals surface area contributed by atoms with Gasteiger partial charge in [-0.25, -0.2) is 19.3 Å². The van der Waals surface area contributed by atoms with Crippen molar-refractivity contribution in [2.24, 2.45) is 0 Å². The Hall–Kier alpha value is -5.05. The number of pyridine rings is 2. The average molecular weight is 577 g/mol. The second-order valence-electron chi connectivity index (χ2n) is 11.3. The number of halogens is 3. The van der Waals surface area contributed by atoms with E-state index in [4.69, 9.17) is 9.97 Å². The number of hydrogen-bond donors (Lipinski definition) is 0. The lowest BCUT2D eigenvalue weighted by molar-refractivity contribution is -0.137. The molecule has 4 aromatic heterocycles. The zero-order valence-corrected chi connectivity index (χ0v) is 23.7. The molecule has 7 rings (SSSR count). The lowest BCUT2D eigenvalue weighted by Gasteiger charge is -2.46. The van der Waals surface area contributed by atoms with E-state index in [9.17, 15) is 13.2 Å². The van der Waals surface area contributed by atoms with Crippen molar-refractivity contribution in [1.82, 2.24) is 29.5 Å². The van der Waals surface area contributed by atoms with Crippen LogP contribution in [0.3, 0.4) is 0 Å². The van der Waals surface area contributed by atoms with Gasteiger partial charge in [-0.1, -0.05) is 74.5 Å². The first-order valence-electron chi connectivity index (χ1n) is 13.9. The number of nitrogens with zero attached hydrogens (tertiary/aromatic N) is 6. The van der Waals surface area contributed by atoms with E-state index in [-0.39, 0.29) is 11.2 Å². The molecule has 0 bridgehead atoms. The van der Waals surface area contributed by atoms with Gasteiger partial charge in [-0.2, -0.15) is 23.4 Å². The van der Waals surface area contributed by atoms with Crippen molar-refractivity contribution in [1.29, 1.82) is 0 Å². The summed E-state index contributed by atoms with van der Waals surface area (Å²) in [7, 11) is 0. The van der Waals surface area contributed by atoms with Crippen LogP contribution in [-0.2, 0) is 17.0 Å². The van der Waals surface area contributed by atoms with E-state index in [1.54, 1.807) is 16.8 Å². The van der Waals surface area contributed by atoms with Crippen LogP contribution in [0.2, 0.25) is 0 Å². The summed E-state index contributed by atoms with van der Waals surface area (Å²) in [4.78, 5) is 10.2. The third-order valence-electron chi connectivity index (χ3n) is 8.35. The van der Waals surface area contributed by atoms with Crippen molar-refractivity contribution < 1.29 is 13.2 Å². The largest absolute Gasteiger partial charge is 0.419 e. The van der Waals surface area contributed by atoms with Gasteiger partial charge in [0, 0.05) is 17.8 Å². The van der Waals surface area contributed by atoms with Gasteiger partial charge in [-0.05, 0) is 59.5 Å². The second kappa shape index (κ2) is 9.49. The van der Waals surface area contributed by atoms with E-state index in [0.717, 1.165) is 46.0 Å². The molecule has 0 unspecified atom stereocenters. The van der Waals surface area contributed by atoms with Crippen LogP contribution >= 0.6 is 0 Å². The van der Waals surface area contributed by atoms with Crippen molar-refractivity contribution >= 4 is 0 Å². The van der Waals surface area contributed by atoms with E-state index in [0.29, 0.717) is 11.5 Å². The fourth-order valence-corrected chi connectivity index (χ4v) is 6.34. The molecular formula is C34H27F3N6. The number of rotatable bonds is 4. The molecule has 2 aromatic carbocycles. The highest BCUT2D eigenvalue weighted by molar-refractivity contribution is 5.68. The van der Waals surface area contributed by atoms with E-state index in [1.165, 1.54) is 4.68 Å². The van der Waals surface area contributed by atoms with Crippen molar-refractivity contribution in [3.63, 3.8) is 0 Å². The van der Waals surface area contributed by atoms with Gasteiger partial charge in [-0.3, -0.25) is 0 Å². The highest BCUT2D eigenvalue weighted by Crippen LogP contribution is 2.55. The van der Waals surface area contributed by atoms with Crippen LogP contribution in [0.1, 0.15) is 58.7 Å². The second-order valence-corrected chi connectivity index (χ2v) is 11.3. The standard InChI is InChI=1S/C34H27F3N6/c1-22-18-19-42(41-22)30-16-8-14-28(39-30)33(29-15-9-17-31(40-29)43-21-23(20-38-43)34(35,36)37)26-12-6-4-10-24(26)32(2,3)25-11-5-7-13-27(25)33/h4-21H,1-3H3. The number of benzene rings is 2. The molecule has 6 nitrogen and oxygen atoms in total. The van der Waals surface area contributed by atoms with Crippen molar-refractivity contribution in [3.05, 3.63) is 154 Å². The number of alkyl halides is 3. The molecule has 1 aliphatic carbocycles. The predicted octanol–water partition coefficient (Wildman–Crippen LogP) is 7.20. The lowest BCUT2D eigenvalue weighted by Crippen LogP contribution is -2.43. The molecule has 0 amide bonds. The van der Waals surface area contributed by atoms with Gasteiger partial charge < -0.3 is 0 Å². The molecule has 0 saturated carbocycles. The molecule has 0 saturated heterocycles. The molecule has 0 atom stereocenters. The van der Waals surface area contributed by atoms with E-state index in [2.05, 4.69) is 48.3 Å². The third kappa shape index (κ3) is 4.10. The molecule has 4 heterocycles. The van der Waals surface area contributed by atoms with Crippen LogP contribution in [0.25, 0.3) is 11.6 Å². The number of aryl methyl sites for hydroxylation is 1. The summed E-state index contributed by atoms with van der Waals surface area (Å²) in [5.41, 5.74) is 4.24. The maximum Gasteiger partial charge on any atom is 0.419 e. The molecule has 0 fully saturated rings. The van der Waals surface area contributed by atoms with Crippen LogP contribution < -0.4 is 0 Å². The van der Waals surface area contributed by atoms with Gasteiger partial charge in [0.1, 0.15) is 5.41 Å². The Kier molecular flexibility index (Phi) is 5.92. The van der Waals surface area contributed by atoms with Crippen LogP contribution in [-0.4, -0.2) is 29.5 Å². The summed E-state index contributed by atoms with van der Waals surface area (Å²) in [6.45, 7) is 6.33. The van der Waals surface area contributed by atoms with Gasteiger partial charge in [0.25, 0.3) is 0 Å². The normalized spacial score (nSPS) is 15.1. The SMILES string of the molecule is Cc1ccn(-c2cccc(C3(c4cccc(-n5cc(C(F)(F)F)cn5)n4)c4ccccc4C(C)(C)c4ccccc43)n2)n1. The topological polar surface area (TPSA) is 61.4 Å². The zero-order chi connectivity index (χ0) is 30.0. The van der Waals surface area contributed by atoms with Gasteiger partial charge in [0.05, 0.1) is 28.8 Å². The maximum atomic E-state index is 13.5. The molecule has 43 heavy (non-hydrogen) atoms. The number of fused-ring (bicyclic) bond motifs is 2. The molecule has 1 aliphatic rings. The van der Waals surface area contributed by atoms with Crippen LogP contribution in [0, 0.1) is 6.92 Å². The fourth-order valence-electron chi connectivity index (χ4n) is 6.34. The molecule has 0 spiro atoms. The zero-order valence-electron chi connectivity index (χ0n) is 23.7. The minimum Gasteiger partial charge on any atom is -0.232 e. The van der Waals surface area contributed by atoms with Crippen LogP contribution in [0.15, 0.2) is 110 Å². The monoisotopic (exact) mass is 576 g/mol. The number of hydrogen-bond acceptors (Lipinski definition) is 4. The molecule has 0 radical (unpaired) electrons. The lowest BCUT2D eigenvalue weighted by atomic mass is 9.56. The Morgan fingerprint density at radius 1 is 0.651 bits per heavy atom. The fraction of sp³-hybridized carbons (Fsp3) is 0.176. The van der Waals surface area contributed by atoms with Crippen LogP contribution in [0.4, 0.5) is 13.2 Å². The first-order chi connectivity index (χ1) is 20.6. The molecule has 214 valence electrons. The van der Waals surface area contributed by atoms with E-state index in [1.807, 2.05) is 67.7 Å². The Bertz CT molecular complexity index is 1930. The molecule has 0 N–H and O–H groups in total. The van der Waals surface area contributed by atoms with Gasteiger partial charge in [0.15, 0.2) is 11.6 Å². The van der Waals surface area contributed by atoms with Crippen molar-refractivity contribution in [2.75, 3.05) is 0 Å². The average Bonchev–Trinajstić information content (AvgIpc) is 3.68. The van der Waals surface area contributed by atoms with Crippen molar-refractivity contribution in [3.8, 4) is 11.6 Å². The Morgan fingerprint density at radius 3 is 1.67 bits per heavy atom. The van der Waals surface area contributed by atoms with Gasteiger partial charge in [0.2, 0.25) is 0 Å². The van der Waals surface area contributed by atoms with E-state index < -0.39 is 17.2 Å². The maximum absolute atomic E-state index is 13.5. The van der Waals surface area contributed by atoms with Gasteiger partial charge in [-0.15, -0.1) is 0 Å². The summed E-state index contributed by atoms with van der Waals surface area (Å²) >= 11 is 0. The van der Waals surface area contributed by atoms with E-state index >= 15 is 0 Å². The Balaban J connectivity index is 1.56. The first kappa shape index (κ1) is 26.8. The summed E-state index contributed by atoms with van der Waals surface area (Å²) in [5, 5.41) is 8.59. The predicted molar refractivity (Wildman–Crippen MR) is 156 cm³/mol. The minimum absolute atomic E-state index is 0.269. The molecule has 6 aromatic rings. The van der Waals surface area contributed by atoms with Crippen molar-refractivity contribution in [2.45, 2.75) is 37.8 Å². The Labute approximate surface area is 246 Å². The summed E-state index contributed by atoms with van der Waals surface area (Å²) in [6, 6.07) is 29.7. The molecule has 0 aliphatic heterocycles. The quantitative estimate of drug-likeness (QED) is 0.223. The highest BCUT2D eigenvalue weighted by atomic mass is 19.4. The summed E-state index contributed by atoms with van der Waals surface area (Å²) in [6.07, 6.45) is -0.869. The number of aromatic nitrogens is 6. The summed E-state index contributed by atoms with van der Waals surface area (Å²) < 4.78 is 43.3. The smallest absolute Gasteiger partial charge is 0.232 e. The molecule has 9 heteroatoms. The Morgan fingerprint density at radius 2 is 1.19 bits per heavy atom. The summed E-state index contributed by atoms with van der Waals surface area (Å²) in [5.74, 6) is 0.911. The first-order valence-corrected chi connectivity index (χ1v) is 13.9. The van der Waals surface area contributed by atoms with Crippen LogP contribution in [0.5, 0.6) is 0 Å². The van der Waals surface area contributed by atoms with Gasteiger partial charge >= 0.3 is 6.18 Å².